The molecule has 106 valence electrons. The number of rotatable bonds is 4. The zero-order valence-corrected chi connectivity index (χ0v) is 11.6. The zero-order chi connectivity index (χ0) is 13.8. The van der Waals surface area contributed by atoms with Gasteiger partial charge in [-0.15, -0.1) is 0 Å². The molecule has 1 aliphatic heterocycles. The van der Waals surface area contributed by atoms with Crippen LogP contribution < -0.4 is 11.1 Å². The number of aromatic nitrogens is 2. The van der Waals surface area contributed by atoms with Gasteiger partial charge in [0.1, 0.15) is 0 Å². The van der Waals surface area contributed by atoms with Crippen molar-refractivity contribution in [3.05, 3.63) is 11.9 Å². The summed E-state index contributed by atoms with van der Waals surface area (Å²) in [5.41, 5.74) is 6.43. The molecular weight excluding hydrogens is 244 g/mol. The van der Waals surface area contributed by atoms with E-state index in [-0.39, 0.29) is 5.91 Å². The second-order valence-corrected chi connectivity index (χ2v) is 5.01. The molecule has 1 fully saturated rings. The van der Waals surface area contributed by atoms with E-state index in [4.69, 9.17) is 5.73 Å². The molecule has 1 saturated heterocycles. The number of aryl methyl sites for hydroxylation is 1. The van der Waals surface area contributed by atoms with Gasteiger partial charge < -0.3 is 16.0 Å². The van der Waals surface area contributed by atoms with Gasteiger partial charge in [-0.3, -0.25) is 14.4 Å². The standard InChI is InChI=1S/C12H22N6O/c1-16-5-7-18(8-6-16)4-3-14-12(19)11-10(13)9-17(2)15-11/h9H,3-8,13H2,1-2H3,(H,14,19). The van der Waals surface area contributed by atoms with Crippen molar-refractivity contribution < 1.29 is 4.79 Å². The molecule has 0 aromatic carbocycles. The van der Waals surface area contributed by atoms with Crippen molar-refractivity contribution in [3.63, 3.8) is 0 Å². The Morgan fingerprint density at radius 1 is 1.37 bits per heavy atom. The third kappa shape index (κ3) is 3.68. The highest BCUT2D eigenvalue weighted by molar-refractivity contribution is 5.96. The molecule has 7 heteroatoms. The molecule has 0 unspecified atom stereocenters. The van der Waals surface area contributed by atoms with Crippen molar-refractivity contribution in [2.45, 2.75) is 0 Å². The molecular formula is C12H22N6O. The molecule has 1 aromatic heterocycles. The topological polar surface area (TPSA) is 79.4 Å². The van der Waals surface area contributed by atoms with Gasteiger partial charge in [-0.05, 0) is 7.05 Å². The van der Waals surface area contributed by atoms with E-state index in [1.807, 2.05) is 0 Å². The maximum atomic E-state index is 11.9. The fourth-order valence-corrected chi connectivity index (χ4v) is 2.17. The Kier molecular flexibility index (Phi) is 4.39. The molecule has 19 heavy (non-hydrogen) atoms. The number of nitrogen functional groups attached to an aromatic ring is 1. The van der Waals surface area contributed by atoms with Crippen LogP contribution in [0.1, 0.15) is 10.5 Å². The lowest BCUT2D eigenvalue weighted by atomic mass is 10.3. The van der Waals surface area contributed by atoms with Gasteiger partial charge in [0, 0.05) is 52.5 Å². The molecule has 1 amide bonds. The number of nitrogens with two attached hydrogens (primary N) is 1. The number of carbonyl (C=O) groups excluding carboxylic acids is 1. The van der Waals surface area contributed by atoms with Crippen LogP contribution in [0.15, 0.2) is 6.20 Å². The summed E-state index contributed by atoms with van der Waals surface area (Å²) < 4.78 is 1.55. The quantitative estimate of drug-likeness (QED) is 0.729. The normalized spacial score (nSPS) is 17.6. The molecule has 0 bridgehead atoms. The minimum absolute atomic E-state index is 0.202. The number of piperazine rings is 1. The van der Waals surface area contributed by atoms with E-state index < -0.39 is 0 Å². The van der Waals surface area contributed by atoms with E-state index in [0.29, 0.717) is 17.9 Å². The predicted octanol–water partition coefficient (Wildman–Crippen LogP) is -1.02. The van der Waals surface area contributed by atoms with Crippen LogP contribution in [0, 0.1) is 0 Å². The van der Waals surface area contributed by atoms with Crippen molar-refractivity contribution >= 4 is 11.6 Å². The largest absolute Gasteiger partial charge is 0.396 e. The van der Waals surface area contributed by atoms with Crippen LogP contribution in [0.25, 0.3) is 0 Å². The monoisotopic (exact) mass is 266 g/mol. The van der Waals surface area contributed by atoms with Gasteiger partial charge in [-0.25, -0.2) is 0 Å². The fourth-order valence-electron chi connectivity index (χ4n) is 2.17. The average molecular weight is 266 g/mol. The Hall–Kier alpha value is -1.60. The van der Waals surface area contributed by atoms with Crippen LogP contribution >= 0.6 is 0 Å². The fraction of sp³-hybridized carbons (Fsp3) is 0.667. The molecule has 2 heterocycles. The maximum Gasteiger partial charge on any atom is 0.273 e. The van der Waals surface area contributed by atoms with Gasteiger partial charge in [-0.2, -0.15) is 5.10 Å². The van der Waals surface area contributed by atoms with E-state index in [0.717, 1.165) is 32.7 Å². The smallest absolute Gasteiger partial charge is 0.273 e. The molecule has 2 rings (SSSR count). The summed E-state index contributed by atoms with van der Waals surface area (Å²) in [6.45, 7) is 5.77. The van der Waals surface area contributed by atoms with Crippen molar-refractivity contribution in [2.24, 2.45) is 7.05 Å². The Morgan fingerprint density at radius 2 is 2.05 bits per heavy atom. The summed E-state index contributed by atoms with van der Waals surface area (Å²) in [5.74, 6) is -0.202. The average Bonchev–Trinajstić information content (AvgIpc) is 2.71. The number of nitrogens with zero attached hydrogens (tertiary/aromatic N) is 4. The van der Waals surface area contributed by atoms with Crippen LogP contribution in [-0.4, -0.2) is 71.8 Å². The number of carbonyl (C=O) groups is 1. The SMILES string of the molecule is CN1CCN(CCNC(=O)c2nn(C)cc2N)CC1. The summed E-state index contributed by atoms with van der Waals surface area (Å²) in [4.78, 5) is 16.5. The van der Waals surface area contributed by atoms with Gasteiger partial charge >= 0.3 is 0 Å². The van der Waals surface area contributed by atoms with Crippen molar-refractivity contribution in [1.29, 1.82) is 0 Å². The molecule has 0 spiro atoms. The molecule has 0 saturated carbocycles. The van der Waals surface area contributed by atoms with E-state index in [1.165, 1.54) is 0 Å². The lowest BCUT2D eigenvalue weighted by molar-refractivity contribution is 0.0936. The first-order valence-electron chi connectivity index (χ1n) is 6.54. The summed E-state index contributed by atoms with van der Waals surface area (Å²) in [6.07, 6.45) is 1.63. The van der Waals surface area contributed by atoms with Crippen LogP contribution in [0.3, 0.4) is 0 Å². The Labute approximate surface area is 113 Å². The Morgan fingerprint density at radius 3 is 2.63 bits per heavy atom. The number of nitrogens with one attached hydrogen (secondary N) is 1. The molecule has 3 N–H and O–H groups in total. The zero-order valence-electron chi connectivity index (χ0n) is 11.6. The van der Waals surface area contributed by atoms with Crippen molar-refractivity contribution in [3.8, 4) is 0 Å². The van der Waals surface area contributed by atoms with Crippen LogP contribution in [-0.2, 0) is 7.05 Å². The van der Waals surface area contributed by atoms with Gasteiger partial charge in [0.05, 0.1) is 5.69 Å². The molecule has 1 aromatic rings. The van der Waals surface area contributed by atoms with Gasteiger partial charge in [0.2, 0.25) is 0 Å². The Bertz CT molecular complexity index is 435. The van der Waals surface area contributed by atoms with Gasteiger partial charge in [0.15, 0.2) is 5.69 Å². The van der Waals surface area contributed by atoms with Crippen molar-refractivity contribution in [1.82, 2.24) is 24.9 Å². The molecule has 0 atom stereocenters. The summed E-state index contributed by atoms with van der Waals surface area (Å²) in [5, 5.41) is 6.91. The first kappa shape index (κ1) is 13.8. The third-order valence-electron chi connectivity index (χ3n) is 3.38. The van der Waals surface area contributed by atoms with E-state index >= 15 is 0 Å². The Balaban J connectivity index is 1.74. The lowest BCUT2D eigenvalue weighted by Gasteiger charge is -2.32. The third-order valence-corrected chi connectivity index (χ3v) is 3.38. The molecule has 1 aliphatic rings. The molecule has 0 radical (unpaired) electrons. The molecule has 7 nitrogen and oxygen atoms in total. The summed E-state index contributed by atoms with van der Waals surface area (Å²) in [6, 6.07) is 0. The summed E-state index contributed by atoms with van der Waals surface area (Å²) in [7, 11) is 3.88. The second-order valence-electron chi connectivity index (χ2n) is 5.01. The lowest BCUT2D eigenvalue weighted by Crippen LogP contribution is -2.46. The number of amides is 1. The number of likely N-dealkylation sites (N-methyl/N-ethyl adjacent to an activating group) is 1. The minimum Gasteiger partial charge on any atom is -0.396 e. The van der Waals surface area contributed by atoms with E-state index in [2.05, 4.69) is 27.3 Å². The second kappa shape index (κ2) is 6.03. The first-order valence-corrected chi connectivity index (χ1v) is 6.54. The highest BCUT2D eigenvalue weighted by Gasteiger charge is 2.16. The van der Waals surface area contributed by atoms with Crippen LogP contribution in [0.5, 0.6) is 0 Å². The minimum atomic E-state index is -0.202. The predicted molar refractivity (Wildman–Crippen MR) is 73.9 cm³/mol. The van der Waals surface area contributed by atoms with E-state index in [1.54, 1.807) is 17.9 Å². The van der Waals surface area contributed by atoms with Crippen LogP contribution in [0.4, 0.5) is 5.69 Å². The number of anilines is 1. The number of hydrogen-bond donors (Lipinski definition) is 2. The highest BCUT2D eigenvalue weighted by Crippen LogP contribution is 2.07. The first-order chi connectivity index (χ1) is 9.06. The highest BCUT2D eigenvalue weighted by atomic mass is 16.2. The molecule has 0 aliphatic carbocycles. The van der Waals surface area contributed by atoms with Crippen LogP contribution in [0.2, 0.25) is 0 Å². The summed E-state index contributed by atoms with van der Waals surface area (Å²) >= 11 is 0. The van der Waals surface area contributed by atoms with Gasteiger partial charge in [-0.1, -0.05) is 0 Å². The van der Waals surface area contributed by atoms with Crippen molar-refractivity contribution in [2.75, 3.05) is 52.0 Å². The van der Waals surface area contributed by atoms with E-state index in [9.17, 15) is 4.79 Å². The number of hydrogen-bond acceptors (Lipinski definition) is 5. The van der Waals surface area contributed by atoms with Gasteiger partial charge in [0.25, 0.3) is 5.91 Å². The maximum absolute atomic E-state index is 11.9.